The van der Waals surface area contributed by atoms with Crippen LogP contribution in [0.3, 0.4) is 0 Å². The summed E-state index contributed by atoms with van der Waals surface area (Å²) in [5.41, 5.74) is 0. The van der Waals surface area contributed by atoms with Crippen molar-refractivity contribution in [2.75, 3.05) is 26.7 Å². The molecule has 4 heteroatoms. The zero-order chi connectivity index (χ0) is 15.1. The first-order chi connectivity index (χ1) is 9.51. The van der Waals surface area contributed by atoms with Gasteiger partial charge in [-0.25, -0.2) is 0 Å². The van der Waals surface area contributed by atoms with Gasteiger partial charge >= 0.3 is 0 Å². The lowest BCUT2D eigenvalue weighted by Crippen LogP contribution is -2.47. The third-order valence-corrected chi connectivity index (χ3v) is 4.63. The maximum atomic E-state index is 4.37. The first kappa shape index (κ1) is 17.3. The van der Waals surface area contributed by atoms with Gasteiger partial charge < -0.3 is 10.6 Å². The van der Waals surface area contributed by atoms with Crippen LogP contribution < -0.4 is 10.6 Å². The summed E-state index contributed by atoms with van der Waals surface area (Å²) in [6.45, 7) is 14.7. The van der Waals surface area contributed by atoms with Crippen molar-refractivity contribution in [2.24, 2.45) is 16.8 Å². The summed E-state index contributed by atoms with van der Waals surface area (Å²) < 4.78 is 0. The SMILES string of the molecule is CCC(CC)CNC(=NC)NC1CN(C(C)C)CC1C. The molecule has 118 valence electrons. The van der Waals surface area contributed by atoms with Crippen molar-refractivity contribution in [3.05, 3.63) is 0 Å². The molecule has 0 aromatic heterocycles. The predicted molar refractivity (Wildman–Crippen MR) is 88.2 cm³/mol. The van der Waals surface area contributed by atoms with Crippen LogP contribution in [-0.4, -0.2) is 49.6 Å². The molecule has 1 rings (SSSR count). The molecule has 1 aliphatic rings. The molecular formula is C16H34N4. The Morgan fingerprint density at radius 3 is 2.35 bits per heavy atom. The van der Waals surface area contributed by atoms with Crippen LogP contribution >= 0.6 is 0 Å². The second kappa shape index (κ2) is 8.50. The van der Waals surface area contributed by atoms with Crippen LogP contribution in [0.1, 0.15) is 47.5 Å². The summed E-state index contributed by atoms with van der Waals surface area (Å²) in [5.74, 6) is 2.37. The maximum absolute atomic E-state index is 4.37. The number of hydrogen-bond donors (Lipinski definition) is 2. The molecule has 2 unspecified atom stereocenters. The molecule has 0 radical (unpaired) electrons. The highest BCUT2D eigenvalue weighted by atomic mass is 15.3. The van der Waals surface area contributed by atoms with E-state index in [0.29, 0.717) is 18.0 Å². The van der Waals surface area contributed by atoms with E-state index in [1.54, 1.807) is 0 Å². The number of nitrogens with zero attached hydrogens (tertiary/aromatic N) is 2. The molecule has 0 aromatic carbocycles. The van der Waals surface area contributed by atoms with Crippen molar-refractivity contribution < 1.29 is 0 Å². The van der Waals surface area contributed by atoms with Gasteiger partial charge in [0.1, 0.15) is 0 Å². The average molecular weight is 282 g/mol. The lowest BCUT2D eigenvalue weighted by molar-refractivity contribution is 0.265. The summed E-state index contributed by atoms with van der Waals surface area (Å²) in [7, 11) is 1.86. The molecule has 0 aliphatic carbocycles. The molecule has 1 aliphatic heterocycles. The minimum Gasteiger partial charge on any atom is -0.356 e. The first-order valence-corrected chi connectivity index (χ1v) is 8.22. The van der Waals surface area contributed by atoms with Crippen LogP contribution in [0.5, 0.6) is 0 Å². The quantitative estimate of drug-likeness (QED) is 0.580. The van der Waals surface area contributed by atoms with Gasteiger partial charge in [-0.2, -0.15) is 0 Å². The van der Waals surface area contributed by atoms with E-state index in [-0.39, 0.29) is 0 Å². The molecular weight excluding hydrogens is 248 g/mol. The van der Waals surface area contributed by atoms with Gasteiger partial charge in [-0.05, 0) is 25.7 Å². The van der Waals surface area contributed by atoms with Crippen molar-refractivity contribution in [1.82, 2.24) is 15.5 Å². The zero-order valence-electron chi connectivity index (χ0n) is 14.2. The van der Waals surface area contributed by atoms with E-state index in [1.165, 1.54) is 19.4 Å². The van der Waals surface area contributed by atoms with Crippen molar-refractivity contribution in [1.29, 1.82) is 0 Å². The zero-order valence-corrected chi connectivity index (χ0v) is 14.2. The smallest absolute Gasteiger partial charge is 0.191 e. The summed E-state index contributed by atoms with van der Waals surface area (Å²) in [6, 6.07) is 1.13. The lowest BCUT2D eigenvalue weighted by atomic mass is 10.0. The Morgan fingerprint density at radius 1 is 1.25 bits per heavy atom. The topological polar surface area (TPSA) is 39.7 Å². The van der Waals surface area contributed by atoms with E-state index in [0.717, 1.165) is 25.0 Å². The van der Waals surface area contributed by atoms with Gasteiger partial charge in [0, 0.05) is 38.8 Å². The highest BCUT2D eigenvalue weighted by Gasteiger charge is 2.31. The molecule has 0 saturated carbocycles. The monoisotopic (exact) mass is 282 g/mol. The minimum absolute atomic E-state index is 0.505. The third kappa shape index (κ3) is 4.97. The van der Waals surface area contributed by atoms with Crippen LogP contribution in [-0.2, 0) is 0 Å². The molecule has 20 heavy (non-hydrogen) atoms. The van der Waals surface area contributed by atoms with Crippen LogP contribution in [0.4, 0.5) is 0 Å². The van der Waals surface area contributed by atoms with E-state index in [9.17, 15) is 0 Å². The molecule has 2 atom stereocenters. The average Bonchev–Trinajstić information content (AvgIpc) is 2.80. The second-order valence-electron chi connectivity index (χ2n) is 6.41. The van der Waals surface area contributed by atoms with Gasteiger partial charge in [0.25, 0.3) is 0 Å². The number of likely N-dealkylation sites (tertiary alicyclic amines) is 1. The Labute approximate surface area is 125 Å². The van der Waals surface area contributed by atoms with Gasteiger partial charge in [-0.1, -0.05) is 33.6 Å². The molecule has 0 amide bonds. The summed E-state index contributed by atoms with van der Waals surface area (Å²) in [4.78, 5) is 6.91. The van der Waals surface area contributed by atoms with Gasteiger partial charge in [-0.15, -0.1) is 0 Å². The summed E-state index contributed by atoms with van der Waals surface area (Å²) >= 11 is 0. The molecule has 2 N–H and O–H groups in total. The van der Waals surface area contributed by atoms with Crippen LogP contribution in [0.2, 0.25) is 0 Å². The highest BCUT2D eigenvalue weighted by molar-refractivity contribution is 5.80. The number of guanidine groups is 1. The largest absolute Gasteiger partial charge is 0.356 e. The van der Waals surface area contributed by atoms with E-state index in [1.807, 2.05) is 7.05 Å². The molecule has 1 fully saturated rings. The standard InChI is InChI=1S/C16H34N4/c1-7-14(8-2)9-18-16(17-6)19-15-11-20(12(3)4)10-13(15)5/h12-15H,7-11H2,1-6H3,(H2,17,18,19). The highest BCUT2D eigenvalue weighted by Crippen LogP contribution is 2.18. The third-order valence-electron chi connectivity index (χ3n) is 4.63. The number of hydrogen-bond acceptors (Lipinski definition) is 2. The van der Waals surface area contributed by atoms with Crippen molar-refractivity contribution in [3.63, 3.8) is 0 Å². The fraction of sp³-hybridized carbons (Fsp3) is 0.938. The lowest BCUT2D eigenvalue weighted by Gasteiger charge is -2.23. The molecule has 0 aromatic rings. The van der Waals surface area contributed by atoms with E-state index < -0.39 is 0 Å². The Hall–Kier alpha value is -0.770. The molecule has 4 nitrogen and oxygen atoms in total. The fourth-order valence-corrected chi connectivity index (χ4v) is 2.80. The molecule has 0 spiro atoms. The number of rotatable bonds is 6. The Bertz CT molecular complexity index is 297. The van der Waals surface area contributed by atoms with Crippen LogP contribution in [0.25, 0.3) is 0 Å². The van der Waals surface area contributed by atoms with Crippen LogP contribution in [0, 0.1) is 11.8 Å². The first-order valence-electron chi connectivity index (χ1n) is 8.22. The minimum atomic E-state index is 0.505. The Kier molecular flexibility index (Phi) is 7.35. The second-order valence-corrected chi connectivity index (χ2v) is 6.41. The van der Waals surface area contributed by atoms with Gasteiger partial charge in [0.2, 0.25) is 0 Å². The Balaban J connectivity index is 2.45. The molecule has 0 bridgehead atoms. The molecule has 1 saturated heterocycles. The number of nitrogens with one attached hydrogen (secondary N) is 2. The van der Waals surface area contributed by atoms with Gasteiger partial charge in [-0.3, -0.25) is 9.89 Å². The summed E-state index contributed by atoms with van der Waals surface area (Å²) in [6.07, 6.45) is 2.45. The van der Waals surface area contributed by atoms with Crippen LogP contribution in [0.15, 0.2) is 4.99 Å². The van der Waals surface area contributed by atoms with Gasteiger partial charge in [0.15, 0.2) is 5.96 Å². The predicted octanol–water partition coefficient (Wildman–Crippen LogP) is 2.32. The number of aliphatic imine (C=N–C) groups is 1. The van der Waals surface area contributed by atoms with E-state index >= 15 is 0 Å². The maximum Gasteiger partial charge on any atom is 0.191 e. The van der Waals surface area contributed by atoms with Crippen molar-refractivity contribution in [2.45, 2.75) is 59.5 Å². The van der Waals surface area contributed by atoms with E-state index in [4.69, 9.17) is 0 Å². The molecule has 1 heterocycles. The van der Waals surface area contributed by atoms with Crippen molar-refractivity contribution in [3.8, 4) is 0 Å². The Morgan fingerprint density at radius 2 is 1.90 bits per heavy atom. The fourth-order valence-electron chi connectivity index (χ4n) is 2.80. The summed E-state index contributed by atoms with van der Waals surface area (Å²) in [5, 5.41) is 7.08. The van der Waals surface area contributed by atoms with Crippen molar-refractivity contribution >= 4 is 5.96 Å². The van der Waals surface area contributed by atoms with E-state index in [2.05, 4.69) is 55.1 Å². The normalized spacial score (nSPS) is 24.7. The van der Waals surface area contributed by atoms with Gasteiger partial charge in [0.05, 0.1) is 0 Å².